The monoisotopic (exact) mass is 214 g/mol. The number of thioether (sulfide) groups is 1. The smallest absolute Gasteiger partial charge is 0.0291 e. The fraction of sp³-hybridized carbons (Fsp3) is 1.00. The molecule has 0 aliphatic rings. The zero-order chi connectivity index (χ0) is 8.74. The van der Waals surface area contributed by atoms with Crippen LogP contribution in [0, 0.1) is 5.41 Å². The lowest BCUT2D eigenvalue weighted by molar-refractivity contribution is 0.354. The molecule has 0 saturated heterocycles. The van der Waals surface area contributed by atoms with E-state index in [0.29, 0.717) is 11.8 Å². The van der Waals surface area contributed by atoms with E-state index in [1.807, 2.05) is 11.8 Å². The molecule has 0 aromatic carbocycles. The SMILES string of the molecule is CCC(CCl)(CCl)CCSC. The largest absolute Gasteiger partial charge is 0.165 e. The molecule has 68 valence electrons. The Balaban J connectivity index is 3.84. The molecule has 0 atom stereocenters. The van der Waals surface area contributed by atoms with Crippen molar-refractivity contribution in [1.29, 1.82) is 0 Å². The van der Waals surface area contributed by atoms with E-state index in [2.05, 4.69) is 13.2 Å². The summed E-state index contributed by atoms with van der Waals surface area (Å²) in [6.45, 7) is 2.16. The third-order valence-corrected chi connectivity index (χ3v) is 3.90. The first kappa shape index (κ1) is 11.9. The van der Waals surface area contributed by atoms with Crippen molar-refractivity contribution in [2.75, 3.05) is 23.8 Å². The van der Waals surface area contributed by atoms with Crippen molar-refractivity contribution in [1.82, 2.24) is 0 Å². The second kappa shape index (κ2) is 6.45. The van der Waals surface area contributed by atoms with E-state index in [0.717, 1.165) is 18.6 Å². The number of hydrogen-bond donors (Lipinski definition) is 0. The van der Waals surface area contributed by atoms with Crippen molar-refractivity contribution < 1.29 is 0 Å². The number of rotatable bonds is 6. The summed E-state index contributed by atoms with van der Waals surface area (Å²) in [7, 11) is 0. The van der Waals surface area contributed by atoms with E-state index in [-0.39, 0.29) is 5.41 Å². The van der Waals surface area contributed by atoms with Crippen LogP contribution in [-0.2, 0) is 0 Å². The van der Waals surface area contributed by atoms with E-state index >= 15 is 0 Å². The Morgan fingerprint density at radius 2 is 1.82 bits per heavy atom. The van der Waals surface area contributed by atoms with Crippen LogP contribution in [0.5, 0.6) is 0 Å². The minimum atomic E-state index is 0.187. The van der Waals surface area contributed by atoms with Gasteiger partial charge in [-0.25, -0.2) is 0 Å². The van der Waals surface area contributed by atoms with Crippen molar-refractivity contribution >= 4 is 35.0 Å². The maximum Gasteiger partial charge on any atom is 0.0291 e. The first-order chi connectivity index (χ1) is 5.24. The summed E-state index contributed by atoms with van der Waals surface area (Å²) in [6, 6.07) is 0. The average Bonchev–Trinajstić information content (AvgIpc) is 2.08. The highest BCUT2D eigenvalue weighted by Gasteiger charge is 2.25. The molecule has 0 bridgehead atoms. The van der Waals surface area contributed by atoms with Gasteiger partial charge in [-0.05, 0) is 30.3 Å². The highest BCUT2D eigenvalue weighted by molar-refractivity contribution is 7.98. The van der Waals surface area contributed by atoms with Gasteiger partial charge < -0.3 is 0 Å². The molecule has 11 heavy (non-hydrogen) atoms. The van der Waals surface area contributed by atoms with E-state index < -0.39 is 0 Å². The lowest BCUT2D eigenvalue weighted by Gasteiger charge is -2.27. The van der Waals surface area contributed by atoms with Crippen molar-refractivity contribution in [2.45, 2.75) is 19.8 Å². The molecular weight excluding hydrogens is 199 g/mol. The van der Waals surface area contributed by atoms with Crippen LogP contribution in [0.15, 0.2) is 0 Å². The highest BCUT2D eigenvalue weighted by Crippen LogP contribution is 2.30. The number of halogens is 2. The minimum absolute atomic E-state index is 0.187. The summed E-state index contributed by atoms with van der Waals surface area (Å²) in [6.07, 6.45) is 4.33. The van der Waals surface area contributed by atoms with Gasteiger partial charge in [0.25, 0.3) is 0 Å². The van der Waals surface area contributed by atoms with Crippen molar-refractivity contribution in [3.8, 4) is 0 Å². The predicted molar refractivity (Wildman–Crippen MR) is 57.2 cm³/mol. The summed E-state index contributed by atoms with van der Waals surface area (Å²) in [5.74, 6) is 2.54. The minimum Gasteiger partial charge on any atom is -0.165 e. The van der Waals surface area contributed by atoms with E-state index in [1.54, 1.807) is 0 Å². The Hall–Kier alpha value is 0.930. The van der Waals surface area contributed by atoms with Gasteiger partial charge in [0, 0.05) is 11.8 Å². The second-order valence-corrected chi connectivity index (χ2v) is 4.38. The third-order valence-electron chi connectivity index (χ3n) is 2.15. The Morgan fingerprint density at radius 3 is 2.09 bits per heavy atom. The molecule has 0 saturated carbocycles. The van der Waals surface area contributed by atoms with Crippen LogP contribution in [0.3, 0.4) is 0 Å². The van der Waals surface area contributed by atoms with Crippen LogP contribution in [0.4, 0.5) is 0 Å². The number of alkyl halides is 2. The van der Waals surface area contributed by atoms with Crippen molar-refractivity contribution in [3.05, 3.63) is 0 Å². The van der Waals surface area contributed by atoms with Gasteiger partial charge in [-0.1, -0.05) is 6.92 Å². The van der Waals surface area contributed by atoms with Crippen LogP contribution in [-0.4, -0.2) is 23.8 Å². The molecule has 0 N–H and O–H groups in total. The average molecular weight is 215 g/mol. The van der Waals surface area contributed by atoms with Gasteiger partial charge in [-0.3, -0.25) is 0 Å². The lowest BCUT2D eigenvalue weighted by Crippen LogP contribution is -2.24. The Kier molecular flexibility index (Phi) is 6.99. The van der Waals surface area contributed by atoms with Gasteiger partial charge in [0.15, 0.2) is 0 Å². The quantitative estimate of drug-likeness (QED) is 0.610. The predicted octanol–water partition coefficient (Wildman–Crippen LogP) is 3.61. The molecule has 0 heterocycles. The third kappa shape index (κ3) is 3.91. The standard InChI is InChI=1S/C8H16Cl2S/c1-3-8(6-9,7-10)4-5-11-2/h3-7H2,1-2H3. The molecule has 0 radical (unpaired) electrons. The maximum absolute atomic E-state index is 5.87. The van der Waals surface area contributed by atoms with Crippen LogP contribution in [0.1, 0.15) is 19.8 Å². The van der Waals surface area contributed by atoms with Gasteiger partial charge in [-0.15, -0.1) is 23.2 Å². The topological polar surface area (TPSA) is 0 Å². The summed E-state index contributed by atoms with van der Waals surface area (Å²) < 4.78 is 0. The molecule has 3 heteroatoms. The van der Waals surface area contributed by atoms with Crippen LogP contribution in [0.25, 0.3) is 0 Å². The molecule has 0 nitrogen and oxygen atoms in total. The Morgan fingerprint density at radius 1 is 1.27 bits per heavy atom. The van der Waals surface area contributed by atoms with Crippen LogP contribution in [0.2, 0.25) is 0 Å². The molecule has 0 aliphatic carbocycles. The molecule has 0 spiro atoms. The zero-order valence-electron chi connectivity index (χ0n) is 7.20. The molecule has 0 rings (SSSR count). The Labute approximate surface area is 84.0 Å². The molecule has 0 aliphatic heterocycles. The zero-order valence-corrected chi connectivity index (χ0v) is 9.53. The number of hydrogen-bond acceptors (Lipinski definition) is 1. The fourth-order valence-corrected chi connectivity index (χ4v) is 2.42. The van der Waals surface area contributed by atoms with Crippen LogP contribution >= 0.6 is 35.0 Å². The second-order valence-electron chi connectivity index (χ2n) is 2.86. The molecule has 0 unspecified atom stereocenters. The van der Waals surface area contributed by atoms with E-state index in [4.69, 9.17) is 23.2 Å². The summed E-state index contributed by atoms with van der Waals surface area (Å²) in [5, 5.41) is 0. The molecule has 0 aromatic heterocycles. The van der Waals surface area contributed by atoms with Gasteiger partial charge in [0.1, 0.15) is 0 Å². The van der Waals surface area contributed by atoms with Gasteiger partial charge in [0.2, 0.25) is 0 Å². The first-order valence-corrected chi connectivity index (χ1v) is 6.32. The van der Waals surface area contributed by atoms with Gasteiger partial charge in [-0.2, -0.15) is 11.8 Å². The Bertz CT molecular complexity index is 83.8. The highest BCUT2D eigenvalue weighted by atomic mass is 35.5. The van der Waals surface area contributed by atoms with Gasteiger partial charge >= 0.3 is 0 Å². The van der Waals surface area contributed by atoms with Crippen molar-refractivity contribution in [2.24, 2.45) is 5.41 Å². The lowest BCUT2D eigenvalue weighted by atomic mass is 9.87. The van der Waals surface area contributed by atoms with Crippen molar-refractivity contribution in [3.63, 3.8) is 0 Å². The molecular formula is C8H16Cl2S. The summed E-state index contributed by atoms with van der Waals surface area (Å²) >= 11 is 13.6. The fourth-order valence-electron chi connectivity index (χ4n) is 0.854. The van der Waals surface area contributed by atoms with E-state index in [1.165, 1.54) is 0 Å². The van der Waals surface area contributed by atoms with Crippen LogP contribution < -0.4 is 0 Å². The molecule has 0 fully saturated rings. The van der Waals surface area contributed by atoms with E-state index in [9.17, 15) is 0 Å². The summed E-state index contributed by atoms with van der Waals surface area (Å²) in [4.78, 5) is 0. The normalized spacial score (nSPS) is 12.0. The maximum atomic E-state index is 5.87. The molecule has 0 aromatic rings. The first-order valence-electron chi connectivity index (χ1n) is 3.85. The summed E-state index contributed by atoms with van der Waals surface area (Å²) in [5.41, 5.74) is 0.187. The molecule has 0 amide bonds. The van der Waals surface area contributed by atoms with Gasteiger partial charge in [0.05, 0.1) is 0 Å².